The third kappa shape index (κ3) is 6.40. The first-order valence-electron chi connectivity index (χ1n) is 11.4. The van der Waals surface area contributed by atoms with Crippen molar-refractivity contribution in [1.82, 2.24) is 14.7 Å². The Hall–Kier alpha value is -1.18. The zero-order valence-corrected chi connectivity index (χ0v) is 17.7. The lowest BCUT2D eigenvalue weighted by molar-refractivity contribution is -0.0266. The minimum Gasteiger partial charge on any atom is -0.492 e. The van der Waals surface area contributed by atoms with E-state index in [-0.39, 0.29) is 0 Å². The number of rotatable bonds is 8. The molecule has 0 aliphatic carbocycles. The minimum absolute atomic E-state index is 0.597. The van der Waals surface area contributed by atoms with Crippen molar-refractivity contribution in [2.24, 2.45) is 0 Å². The second kappa shape index (κ2) is 10.2. The molecule has 1 unspecified atom stereocenters. The zero-order valence-electron chi connectivity index (χ0n) is 17.7. The lowest BCUT2D eigenvalue weighted by atomic mass is 10.0. The summed E-state index contributed by atoms with van der Waals surface area (Å²) in [5.74, 6) is 0.960. The van der Waals surface area contributed by atoms with E-state index in [2.05, 4.69) is 39.0 Å². The van der Waals surface area contributed by atoms with Crippen LogP contribution in [-0.4, -0.2) is 97.6 Å². The van der Waals surface area contributed by atoms with E-state index < -0.39 is 5.60 Å². The summed E-state index contributed by atoms with van der Waals surface area (Å²) in [7, 11) is 0. The van der Waals surface area contributed by atoms with Crippen LogP contribution >= 0.6 is 0 Å². The topological polar surface area (TPSA) is 48.4 Å². The third-order valence-electron chi connectivity index (χ3n) is 6.46. The average Bonchev–Trinajstić information content (AvgIpc) is 3.10. The van der Waals surface area contributed by atoms with Gasteiger partial charge >= 0.3 is 0 Å². The molecule has 0 amide bonds. The fraction of sp³-hybridized carbons (Fsp3) is 0.739. The average molecular weight is 404 g/mol. The van der Waals surface area contributed by atoms with E-state index in [9.17, 15) is 5.11 Å². The van der Waals surface area contributed by atoms with Gasteiger partial charge in [0.05, 0.1) is 18.8 Å². The lowest BCUT2D eigenvalue weighted by Gasteiger charge is -2.33. The van der Waals surface area contributed by atoms with Crippen molar-refractivity contribution in [1.29, 1.82) is 0 Å². The Kier molecular flexibility index (Phi) is 7.43. The number of benzene rings is 1. The van der Waals surface area contributed by atoms with Gasteiger partial charge in [-0.1, -0.05) is 18.6 Å². The van der Waals surface area contributed by atoms with Crippen molar-refractivity contribution in [2.75, 3.05) is 72.2 Å². The highest BCUT2D eigenvalue weighted by molar-refractivity contribution is 5.28. The predicted molar refractivity (Wildman–Crippen MR) is 114 cm³/mol. The Morgan fingerprint density at radius 1 is 0.966 bits per heavy atom. The van der Waals surface area contributed by atoms with Gasteiger partial charge in [0.25, 0.3) is 0 Å². The summed E-state index contributed by atoms with van der Waals surface area (Å²) in [5.41, 5.74) is 0.663. The fourth-order valence-corrected chi connectivity index (χ4v) is 4.85. The van der Waals surface area contributed by atoms with Gasteiger partial charge in [0.1, 0.15) is 12.4 Å². The summed E-state index contributed by atoms with van der Waals surface area (Å²) in [6, 6.07) is 8.46. The number of piperidine rings is 1. The van der Waals surface area contributed by atoms with Crippen molar-refractivity contribution < 1.29 is 14.6 Å². The van der Waals surface area contributed by atoms with Gasteiger partial charge in [-0.25, -0.2) is 0 Å². The molecule has 3 saturated heterocycles. The summed E-state index contributed by atoms with van der Waals surface area (Å²) >= 11 is 0. The van der Waals surface area contributed by atoms with Crippen molar-refractivity contribution in [3.05, 3.63) is 29.8 Å². The smallest absolute Gasteiger partial charge is 0.119 e. The van der Waals surface area contributed by atoms with Crippen molar-refractivity contribution in [3.8, 4) is 5.75 Å². The standard InChI is InChI=1S/C23H37N3O3/c27-23(19-25-11-14-28-15-12-25)7-10-26(20-23)18-21-5-4-6-22(17-21)29-16-13-24-8-2-1-3-9-24/h4-6,17,27H,1-3,7-16,18-20H2. The molecule has 0 bridgehead atoms. The van der Waals surface area contributed by atoms with Crippen LogP contribution in [0.5, 0.6) is 5.75 Å². The Labute approximate surface area is 175 Å². The summed E-state index contributed by atoms with van der Waals surface area (Å²) in [6.45, 7) is 10.9. The summed E-state index contributed by atoms with van der Waals surface area (Å²) < 4.78 is 11.4. The summed E-state index contributed by atoms with van der Waals surface area (Å²) in [6.07, 6.45) is 4.86. The summed E-state index contributed by atoms with van der Waals surface area (Å²) in [5, 5.41) is 11.0. The van der Waals surface area contributed by atoms with E-state index >= 15 is 0 Å². The highest BCUT2D eigenvalue weighted by Crippen LogP contribution is 2.25. The Bertz CT molecular complexity index is 632. The fourth-order valence-electron chi connectivity index (χ4n) is 4.85. The van der Waals surface area contributed by atoms with E-state index in [1.165, 1.54) is 37.9 Å². The van der Waals surface area contributed by atoms with Crippen LogP contribution in [0.15, 0.2) is 24.3 Å². The van der Waals surface area contributed by atoms with Crippen LogP contribution in [-0.2, 0) is 11.3 Å². The number of nitrogens with zero attached hydrogens (tertiary/aromatic N) is 3. The molecule has 6 nitrogen and oxygen atoms in total. The van der Waals surface area contributed by atoms with Gasteiger partial charge in [0.15, 0.2) is 0 Å². The number of aliphatic hydroxyl groups is 1. The van der Waals surface area contributed by atoms with Crippen LogP contribution in [0, 0.1) is 0 Å². The van der Waals surface area contributed by atoms with Crippen LogP contribution in [0.2, 0.25) is 0 Å². The maximum atomic E-state index is 11.0. The monoisotopic (exact) mass is 403 g/mol. The van der Waals surface area contributed by atoms with Gasteiger partial charge in [0, 0.05) is 45.8 Å². The highest BCUT2D eigenvalue weighted by Gasteiger charge is 2.37. The van der Waals surface area contributed by atoms with Crippen LogP contribution in [0.1, 0.15) is 31.2 Å². The van der Waals surface area contributed by atoms with Crippen molar-refractivity contribution in [2.45, 2.75) is 37.8 Å². The molecule has 0 spiro atoms. The molecule has 0 radical (unpaired) electrons. The van der Waals surface area contributed by atoms with Crippen LogP contribution < -0.4 is 4.74 Å². The lowest BCUT2D eigenvalue weighted by Crippen LogP contribution is -2.48. The second-order valence-electron chi connectivity index (χ2n) is 8.97. The molecule has 3 aliphatic heterocycles. The molecule has 162 valence electrons. The van der Waals surface area contributed by atoms with Crippen LogP contribution in [0.25, 0.3) is 0 Å². The van der Waals surface area contributed by atoms with Gasteiger partial charge in [-0.2, -0.15) is 0 Å². The van der Waals surface area contributed by atoms with Crippen molar-refractivity contribution in [3.63, 3.8) is 0 Å². The quantitative estimate of drug-likeness (QED) is 0.715. The van der Waals surface area contributed by atoms with E-state index in [0.29, 0.717) is 0 Å². The molecule has 0 aromatic heterocycles. The maximum Gasteiger partial charge on any atom is 0.119 e. The van der Waals surface area contributed by atoms with Crippen molar-refractivity contribution >= 4 is 0 Å². The maximum absolute atomic E-state index is 11.0. The number of morpholine rings is 1. The molecule has 6 heteroatoms. The predicted octanol–water partition coefficient (Wildman–Crippen LogP) is 1.82. The minimum atomic E-state index is -0.597. The van der Waals surface area contributed by atoms with Crippen LogP contribution in [0.4, 0.5) is 0 Å². The molecule has 4 rings (SSSR count). The Morgan fingerprint density at radius 3 is 2.62 bits per heavy atom. The van der Waals surface area contributed by atoms with Gasteiger partial charge in [-0.15, -0.1) is 0 Å². The molecule has 29 heavy (non-hydrogen) atoms. The molecule has 3 heterocycles. The zero-order chi connectivity index (χ0) is 19.9. The van der Waals surface area contributed by atoms with Gasteiger partial charge < -0.3 is 14.6 Å². The molecular weight excluding hydrogens is 366 g/mol. The molecule has 0 saturated carbocycles. The molecular formula is C23H37N3O3. The molecule has 3 aliphatic rings. The van der Waals surface area contributed by atoms with E-state index in [0.717, 1.165) is 77.8 Å². The number of ether oxygens (including phenoxy) is 2. The normalized spacial score (nSPS) is 27.3. The van der Waals surface area contributed by atoms with Gasteiger partial charge in [-0.3, -0.25) is 14.7 Å². The van der Waals surface area contributed by atoms with E-state index in [1.807, 2.05) is 0 Å². The largest absolute Gasteiger partial charge is 0.492 e. The molecule has 1 atom stereocenters. The number of hydrogen-bond acceptors (Lipinski definition) is 6. The van der Waals surface area contributed by atoms with Gasteiger partial charge in [-0.05, 0) is 50.0 Å². The van der Waals surface area contributed by atoms with Gasteiger partial charge in [0.2, 0.25) is 0 Å². The van der Waals surface area contributed by atoms with Crippen LogP contribution in [0.3, 0.4) is 0 Å². The number of hydrogen-bond donors (Lipinski definition) is 1. The number of likely N-dealkylation sites (tertiary alicyclic amines) is 2. The third-order valence-corrected chi connectivity index (χ3v) is 6.46. The highest BCUT2D eigenvalue weighted by atomic mass is 16.5. The number of β-amino-alcohol motifs (C(OH)–C–C–N with tert-alkyl or cyclic N) is 1. The molecule has 1 aromatic carbocycles. The Morgan fingerprint density at radius 2 is 1.79 bits per heavy atom. The molecule has 1 N–H and O–H groups in total. The molecule has 1 aromatic rings. The first kappa shape index (κ1) is 21.1. The van der Waals surface area contributed by atoms with E-state index in [1.54, 1.807) is 0 Å². The first-order valence-corrected chi connectivity index (χ1v) is 11.4. The SMILES string of the molecule is OC1(CN2CCOCC2)CCN(Cc2cccc(OCCN3CCCCC3)c2)C1. The Balaban J connectivity index is 1.22. The first-order chi connectivity index (χ1) is 14.2. The molecule has 3 fully saturated rings. The second-order valence-corrected chi connectivity index (χ2v) is 8.97. The summed E-state index contributed by atoms with van der Waals surface area (Å²) in [4.78, 5) is 7.21. The van der Waals surface area contributed by atoms with E-state index in [4.69, 9.17) is 9.47 Å².